The Morgan fingerprint density at radius 1 is 1.38 bits per heavy atom. The van der Waals surface area contributed by atoms with Gasteiger partial charge >= 0.3 is 13.6 Å². The molecule has 2 N–H and O–H groups in total. The van der Waals surface area contributed by atoms with Crippen LogP contribution in [0.5, 0.6) is 0 Å². The van der Waals surface area contributed by atoms with Gasteiger partial charge in [0, 0.05) is 14.2 Å². The number of carbonyl (C=O) groups excluding carboxylic acids is 1. The molecule has 0 radical (unpaired) electrons. The maximum Gasteiger partial charge on any atom is 0.347 e. The highest BCUT2D eigenvalue weighted by Crippen LogP contribution is 2.50. The van der Waals surface area contributed by atoms with Crippen LogP contribution in [0, 0.1) is 0 Å². The first-order valence-corrected chi connectivity index (χ1v) is 5.15. The summed E-state index contributed by atoms with van der Waals surface area (Å²) in [5.74, 6) is -1.54. The molecule has 0 spiro atoms. The van der Waals surface area contributed by atoms with Gasteiger partial charge in [-0.05, 0) is 0 Å². The Hall–Kier alpha value is -0.420. The van der Waals surface area contributed by atoms with E-state index in [1.54, 1.807) is 0 Å². The summed E-state index contributed by atoms with van der Waals surface area (Å²) in [4.78, 5) is 10.8. The fraction of sp³-hybridized carbons (Fsp3) is 0.833. The van der Waals surface area contributed by atoms with Gasteiger partial charge in [0.25, 0.3) is 0 Å². The lowest BCUT2D eigenvalue weighted by molar-refractivity contribution is -0.140. The minimum atomic E-state index is -3.36. The zero-order valence-electron chi connectivity index (χ0n) is 7.85. The zero-order chi connectivity index (χ0) is 10.5. The predicted octanol–water partition coefficient (Wildman–Crippen LogP) is 0.320. The summed E-state index contributed by atoms with van der Waals surface area (Å²) in [5, 5.41) is 0. The Balaban J connectivity index is 4.31. The molecule has 0 aromatic rings. The maximum absolute atomic E-state index is 11.5. The summed E-state index contributed by atoms with van der Waals surface area (Å²) in [7, 11) is 0.279. The molecule has 13 heavy (non-hydrogen) atoms. The smallest absolute Gasteiger partial charge is 0.347 e. The second-order valence-electron chi connectivity index (χ2n) is 2.25. The van der Waals surface area contributed by atoms with Crippen LogP contribution in [0.3, 0.4) is 0 Å². The molecule has 0 saturated heterocycles. The largest absolute Gasteiger partial charge is 0.469 e. The third kappa shape index (κ3) is 3.44. The number of methoxy groups -OCH3 is 1. The normalized spacial score (nSPS) is 13.8. The molecule has 1 atom stereocenters. The van der Waals surface area contributed by atoms with Gasteiger partial charge in [-0.15, -0.1) is 0 Å². The van der Waals surface area contributed by atoms with Gasteiger partial charge in [0.2, 0.25) is 0 Å². The van der Waals surface area contributed by atoms with Crippen molar-refractivity contribution in [3.05, 3.63) is 0 Å². The Labute approximate surface area is 76.9 Å². The van der Waals surface area contributed by atoms with Gasteiger partial charge in [-0.3, -0.25) is 9.36 Å². The van der Waals surface area contributed by atoms with E-state index in [9.17, 15) is 9.36 Å². The quantitative estimate of drug-likeness (QED) is 0.520. The van der Waals surface area contributed by atoms with E-state index in [-0.39, 0.29) is 6.42 Å². The Morgan fingerprint density at radius 3 is 2.15 bits per heavy atom. The van der Waals surface area contributed by atoms with E-state index in [1.807, 2.05) is 0 Å². The average Bonchev–Trinajstić information content (AvgIpc) is 2.16. The highest BCUT2D eigenvalue weighted by molar-refractivity contribution is 7.54. The van der Waals surface area contributed by atoms with Crippen molar-refractivity contribution < 1.29 is 23.1 Å². The van der Waals surface area contributed by atoms with E-state index in [4.69, 9.17) is 5.73 Å². The third-order valence-electron chi connectivity index (χ3n) is 1.52. The molecule has 0 aromatic carbocycles. The van der Waals surface area contributed by atoms with Crippen LogP contribution in [0.25, 0.3) is 0 Å². The van der Waals surface area contributed by atoms with E-state index in [0.717, 1.165) is 0 Å². The van der Waals surface area contributed by atoms with Crippen molar-refractivity contribution in [2.24, 2.45) is 5.73 Å². The standard InChI is InChI=1S/C6H14NO5P/c1-10-6(8)4-5(7)13(9,11-2)12-3/h5H,4,7H2,1-3H3. The van der Waals surface area contributed by atoms with Crippen LogP contribution in [-0.4, -0.2) is 33.1 Å². The molecule has 0 rings (SSSR count). The van der Waals surface area contributed by atoms with Gasteiger partial charge in [-0.25, -0.2) is 0 Å². The fourth-order valence-electron chi connectivity index (χ4n) is 0.711. The van der Waals surface area contributed by atoms with Crippen molar-refractivity contribution in [1.29, 1.82) is 0 Å². The van der Waals surface area contributed by atoms with Crippen molar-refractivity contribution in [2.45, 2.75) is 12.2 Å². The van der Waals surface area contributed by atoms with Gasteiger partial charge in [-0.1, -0.05) is 0 Å². The van der Waals surface area contributed by atoms with Crippen LogP contribution >= 0.6 is 7.60 Å². The SMILES string of the molecule is COC(=O)CC(N)P(=O)(OC)OC. The lowest BCUT2D eigenvalue weighted by Gasteiger charge is -2.19. The zero-order valence-corrected chi connectivity index (χ0v) is 8.74. The first-order chi connectivity index (χ1) is 6.00. The van der Waals surface area contributed by atoms with E-state index in [0.29, 0.717) is 0 Å². The molecule has 0 aliphatic heterocycles. The Bertz CT molecular complexity index is 211. The topological polar surface area (TPSA) is 87.9 Å². The van der Waals surface area contributed by atoms with E-state index < -0.39 is 19.3 Å². The van der Waals surface area contributed by atoms with Crippen LogP contribution in [0.2, 0.25) is 0 Å². The molecule has 78 valence electrons. The molecular formula is C6H14NO5P. The van der Waals surface area contributed by atoms with Gasteiger partial charge in [0.15, 0.2) is 0 Å². The minimum Gasteiger partial charge on any atom is -0.469 e. The van der Waals surface area contributed by atoms with Gasteiger partial charge in [-0.2, -0.15) is 0 Å². The van der Waals surface area contributed by atoms with Crippen molar-refractivity contribution >= 4 is 13.6 Å². The average molecular weight is 211 g/mol. The molecular weight excluding hydrogens is 197 g/mol. The highest BCUT2D eigenvalue weighted by atomic mass is 31.2. The second kappa shape index (κ2) is 5.34. The van der Waals surface area contributed by atoms with E-state index in [2.05, 4.69) is 13.8 Å². The first kappa shape index (κ1) is 12.6. The number of ether oxygens (including phenoxy) is 1. The molecule has 0 aliphatic carbocycles. The van der Waals surface area contributed by atoms with E-state index >= 15 is 0 Å². The summed E-state index contributed by atoms with van der Waals surface area (Å²) in [5.41, 5.74) is 5.44. The summed E-state index contributed by atoms with van der Waals surface area (Å²) in [6.45, 7) is 0. The van der Waals surface area contributed by atoms with Gasteiger partial charge < -0.3 is 19.5 Å². The molecule has 0 aromatic heterocycles. The van der Waals surface area contributed by atoms with Crippen LogP contribution < -0.4 is 5.73 Å². The predicted molar refractivity (Wildman–Crippen MR) is 46.2 cm³/mol. The molecule has 7 heteroatoms. The minimum absolute atomic E-state index is 0.199. The first-order valence-electron chi connectivity index (χ1n) is 3.53. The van der Waals surface area contributed by atoms with E-state index in [1.165, 1.54) is 21.3 Å². The summed E-state index contributed by atoms with van der Waals surface area (Å²) >= 11 is 0. The third-order valence-corrected chi connectivity index (χ3v) is 3.53. The van der Waals surface area contributed by atoms with Crippen molar-refractivity contribution in [1.82, 2.24) is 0 Å². The molecule has 1 unspecified atom stereocenters. The molecule has 0 saturated carbocycles. The highest BCUT2D eigenvalue weighted by Gasteiger charge is 2.32. The molecule has 0 amide bonds. The number of hydrogen-bond acceptors (Lipinski definition) is 6. The Morgan fingerprint density at radius 2 is 1.85 bits per heavy atom. The number of hydrogen-bond donors (Lipinski definition) is 1. The number of esters is 1. The summed E-state index contributed by atoms with van der Waals surface area (Å²) < 4.78 is 25.1. The van der Waals surface area contributed by atoms with Crippen molar-refractivity contribution in [2.75, 3.05) is 21.3 Å². The molecule has 0 bridgehead atoms. The maximum atomic E-state index is 11.5. The van der Waals surface area contributed by atoms with Gasteiger partial charge in [0.1, 0.15) is 5.78 Å². The van der Waals surface area contributed by atoms with Crippen LogP contribution in [0.15, 0.2) is 0 Å². The number of carbonyl (C=O) groups is 1. The molecule has 0 fully saturated rings. The van der Waals surface area contributed by atoms with Crippen LogP contribution in [-0.2, 0) is 23.1 Å². The monoisotopic (exact) mass is 211 g/mol. The fourth-order valence-corrected chi connectivity index (χ4v) is 1.77. The lowest BCUT2D eigenvalue weighted by atomic mass is 10.4. The summed E-state index contributed by atoms with van der Waals surface area (Å²) in [6.07, 6.45) is -0.199. The van der Waals surface area contributed by atoms with Crippen molar-refractivity contribution in [3.8, 4) is 0 Å². The second-order valence-corrected chi connectivity index (χ2v) is 4.73. The van der Waals surface area contributed by atoms with Crippen LogP contribution in [0.4, 0.5) is 0 Å². The van der Waals surface area contributed by atoms with Crippen LogP contribution in [0.1, 0.15) is 6.42 Å². The number of nitrogens with two attached hydrogens (primary N) is 1. The molecule has 0 heterocycles. The molecule has 0 aliphatic rings. The van der Waals surface area contributed by atoms with Gasteiger partial charge in [0.05, 0.1) is 13.5 Å². The Kier molecular flexibility index (Phi) is 5.17. The van der Waals surface area contributed by atoms with Crippen molar-refractivity contribution in [3.63, 3.8) is 0 Å². The number of rotatable bonds is 5. The summed E-state index contributed by atoms with van der Waals surface area (Å²) in [6, 6.07) is 0. The lowest BCUT2D eigenvalue weighted by Crippen LogP contribution is -2.25. The molecule has 6 nitrogen and oxygen atoms in total.